The highest BCUT2D eigenvalue weighted by Crippen LogP contribution is 2.47. The monoisotopic (exact) mass is 827 g/mol. The fraction of sp³-hybridized carbons (Fsp3) is 0.267. The second-order valence-corrected chi connectivity index (χ2v) is 21.4. The predicted octanol–water partition coefficient (Wildman–Crippen LogP) is 15.4. The summed E-state index contributed by atoms with van der Waals surface area (Å²) in [5.41, 5.74) is 10.8. The van der Waals surface area contributed by atoms with Gasteiger partial charge in [0, 0.05) is 39.1 Å². The number of hydrogen-bond acceptors (Lipinski definition) is 2. The van der Waals surface area contributed by atoms with Crippen LogP contribution in [-0.4, -0.2) is 16.1 Å². The molecule has 0 fully saturated rings. The van der Waals surface area contributed by atoms with Gasteiger partial charge in [0.2, 0.25) is 0 Å². The third kappa shape index (κ3) is 8.11. The maximum atomic E-state index is 14.5. The lowest BCUT2D eigenvalue weighted by molar-refractivity contribution is -0.114. The van der Waals surface area contributed by atoms with E-state index in [4.69, 9.17) is 0 Å². The van der Waals surface area contributed by atoms with E-state index in [2.05, 4.69) is 239 Å². The number of aromatic nitrogens is 1. The van der Waals surface area contributed by atoms with Gasteiger partial charge in [-0.2, -0.15) is 0 Å². The van der Waals surface area contributed by atoms with Crippen LogP contribution < -0.4 is 0 Å². The number of allylic oxidation sites excluding steroid dienone is 10. The molecule has 3 heteroatoms. The van der Waals surface area contributed by atoms with Gasteiger partial charge in [0.15, 0.2) is 11.6 Å². The number of para-hydroxylation sites is 1. The van der Waals surface area contributed by atoms with E-state index < -0.39 is 21.7 Å². The highest BCUT2D eigenvalue weighted by Gasteiger charge is 2.37. The summed E-state index contributed by atoms with van der Waals surface area (Å²) in [6, 6.07) is 45.4. The van der Waals surface area contributed by atoms with Gasteiger partial charge in [-0.15, -0.1) is 0 Å². The van der Waals surface area contributed by atoms with E-state index in [0.29, 0.717) is 0 Å². The lowest BCUT2D eigenvalue weighted by Crippen LogP contribution is -2.28. The van der Waals surface area contributed by atoms with Gasteiger partial charge in [0.25, 0.3) is 0 Å². The van der Waals surface area contributed by atoms with E-state index in [1.165, 1.54) is 0 Å². The average Bonchev–Trinajstić information content (AvgIpc) is 3.64. The molecule has 1 heterocycles. The lowest BCUT2D eigenvalue weighted by Gasteiger charge is -2.32. The summed E-state index contributed by atoms with van der Waals surface area (Å²) in [6.07, 6.45) is 8.63. The molecule has 0 spiro atoms. The summed E-state index contributed by atoms with van der Waals surface area (Å²) < 4.78 is 2.41. The fourth-order valence-electron chi connectivity index (χ4n) is 9.23. The number of benzene rings is 5. The topological polar surface area (TPSA) is 39.1 Å². The zero-order valence-electron chi connectivity index (χ0n) is 39.2. The van der Waals surface area contributed by atoms with Crippen molar-refractivity contribution in [3.8, 4) is 5.69 Å². The number of hydrogen-bond donors (Lipinski definition) is 0. The average molecular weight is 828 g/mol. The third-order valence-corrected chi connectivity index (χ3v) is 12.5. The van der Waals surface area contributed by atoms with Crippen LogP contribution in [0.15, 0.2) is 185 Å². The van der Waals surface area contributed by atoms with Gasteiger partial charge >= 0.3 is 0 Å². The van der Waals surface area contributed by atoms with Crippen LogP contribution in [0.1, 0.15) is 106 Å². The van der Waals surface area contributed by atoms with Crippen LogP contribution in [0.5, 0.6) is 0 Å². The predicted molar refractivity (Wildman–Crippen MR) is 266 cm³/mol. The summed E-state index contributed by atoms with van der Waals surface area (Å²) in [5.74, 6) is 0.209. The van der Waals surface area contributed by atoms with Gasteiger partial charge in [-0.1, -0.05) is 186 Å². The summed E-state index contributed by atoms with van der Waals surface area (Å²) in [6.45, 7) is 25.6. The van der Waals surface area contributed by atoms with Gasteiger partial charge in [-0.3, -0.25) is 9.59 Å². The first kappa shape index (κ1) is 43.3. The van der Waals surface area contributed by atoms with Crippen LogP contribution in [0.25, 0.3) is 38.4 Å². The Labute approximate surface area is 375 Å². The van der Waals surface area contributed by atoms with Gasteiger partial charge in [-0.05, 0) is 114 Å². The highest BCUT2D eigenvalue weighted by atomic mass is 16.1. The van der Waals surface area contributed by atoms with Crippen LogP contribution in [-0.2, 0) is 9.59 Å². The minimum atomic E-state index is -0.401. The van der Waals surface area contributed by atoms with E-state index in [1.807, 2.05) is 0 Å². The molecule has 5 aromatic carbocycles. The molecule has 3 nitrogen and oxygen atoms in total. The first-order valence-electron chi connectivity index (χ1n) is 22.4. The molecule has 0 saturated heterocycles. The summed E-state index contributed by atoms with van der Waals surface area (Å²) in [5, 5.41) is 4.55. The summed E-state index contributed by atoms with van der Waals surface area (Å²) >= 11 is 0. The molecule has 2 aliphatic rings. The van der Waals surface area contributed by atoms with Crippen molar-refractivity contribution in [1.29, 1.82) is 0 Å². The minimum absolute atomic E-state index is 0.104. The maximum absolute atomic E-state index is 14.5. The zero-order valence-corrected chi connectivity index (χ0v) is 39.2. The molecule has 0 aliphatic heterocycles. The molecular weight excluding hydrogens is 767 g/mol. The van der Waals surface area contributed by atoms with Crippen LogP contribution in [0.3, 0.4) is 0 Å². The number of fused-ring (bicyclic) bond motifs is 2. The lowest BCUT2D eigenvalue weighted by atomic mass is 9.71. The Morgan fingerprint density at radius 1 is 0.365 bits per heavy atom. The molecule has 0 N–H and O–H groups in total. The zero-order chi connectivity index (χ0) is 45.2. The van der Waals surface area contributed by atoms with Crippen molar-refractivity contribution in [3.05, 3.63) is 208 Å². The van der Waals surface area contributed by atoms with E-state index in [-0.39, 0.29) is 11.6 Å². The molecule has 6 aromatic rings. The number of ketones is 2. The summed E-state index contributed by atoms with van der Waals surface area (Å²) in [7, 11) is 0. The minimum Gasteiger partial charge on any atom is -0.309 e. The Hall–Kier alpha value is -6.32. The van der Waals surface area contributed by atoms with Crippen LogP contribution in [0.2, 0.25) is 0 Å². The Balaban J connectivity index is 1.60. The standard InChI is InChI=1S/C60H61NO2/c1-57(2,3)47-34-40(35-48(55(47)62)58(4,5)6)53(45-30-20-24-38-22-16-18-28-43(38)45)51-32-33-52(61(51)42-26-14-13-15-27-42)54(46-31-21-25-39-23-17-19-29-44(39)46)41-36-49(59(7,8)9)56(63)50(37-41)60(10,11)12/h13-37H,1-12H3. The van der Waals surface area contributed by atoms with Crippen molar-refractivity contribution < 1.29 is 9.59 Å². The maximum Gasteiger partial charge on any atom is 0.186 e. The van der Waals surface area contributed by atoms with E-state index in [0.717, 1.165) is 94.3 Å². The van der Waals surface area contributed by atoms with Crippen molar-refractivity contribution in [1.82, 2.24) is 4.57 Å². The van der Waals surface area contributed by atoms with Crippen molar-refractivity contribution in [3.63, 3.8) is 0 Å². The summed E-state index contributed by atoms with van der Waals surface area (Å²) in [4.78, 5) is 29.0. The second kappa shape index (κ2) is 15.8. The Bertz CT molecular complexity index is 2760. The molecule has 0 unspecified atom stereocenters. The molecule has 0 radical (unpaired) electrons. The fourth-order valence-corrected chi connectivity index (χ4v) is 9.23. The highest BCUT2D eigenvalue weighted by molar-refractivity contribution is 6.14. The molecule has 318 valence electrons. The Morgan fingerprint density at radius 2 is 0.683 bits per heavy atom. The quantitative estimate of drug-likeness (QED) is 0.174. The second-order valence-electron chi connectivity index (χ2n) is 21.4. The van der Waals surface area contributed by atoms with Gasteiger partial charge < -0.3 is 4.57 Å². The molecular formula is C60H61NO2. The van der Waals surface area contributed by atoms with Gasteiger partial charge in [0.1, 0.15) is 0 Å². The van der Waals surface area contributed by atoms with Crippen LogP contribution in [0.4, 0.5) is 0 Å². The van der Waals surface area contributed by atoms with Crippen molar-refractivity contribution >= 4 is 44.3 Å². The number of carbonyl (C=O) groups excluding carboxylic acids is 2. The number of Topliss-reactive ketones (excluding diaryl/α,β-unsaturated/α-hetero) is 2. The van der Waals surface area contributed by atoms with Crippen molar-refractivity contribution in [2.24, 2.45) is 21.7 Å². The number of rotatable bonds is 5. The molecule has 0 saturated carbocycles. The molecule has 2 aliphatic carbocycles. The van der Waals surface area contributed by atoms with E-state index >= 15 is 0 Å². The first-order chi connectivity index (χ1) is 29.6. The largest absolute Gasteiger partial charge is 0.309 e. The third-order valence-electron chi connectivity index (χ3n) is 12.5. The molecule has 0 atom stereocenters. The van der Waals surface area contributed by atoms with E-state index in [1.54, 1.807) is 0 Å². The molecule has 0 bridgehead atoms. The van der Waals surface area contributed by atoms with E-state index in [9.17, 15) is 9.59 Å². The van der Waals surface area contributed by atoms with Crippen LogP contribution >= 0.6 is 0 Å². The SMILES string of the molecule is CC(C)(C)C1=CC(=C(c2cccc3ccccc23)c2ccc(C(=C3C=C(C(C)(C)C)C(=O)C(C(C)(C)C)=C3)c3cccc4ccccc34)n2-c2ccccc2)C=C(C(C)(C)C)C1=O. The normalized spacial score (nSPS) is 15.4. The number of nitrogens with zero attached hydrogens (tertiary/aromatic N) is 1. The molecule has 8 rings (SSSR count). The smallest absolute Gasteiger partial charge is 0.186 e. The molecule has 0 amide bonds. The molecule has 1 aromatic heterocycles. The van der Waals surface area contributed by atoms with Crippen molar-refractivity contribution in [2.75, 3.05) is 0 Å². The van der Waals surface area contributed by atoms with Crippen LogP contribution in [0, 0.1) is 21.7 Å². The van der Waals surface area contributed by atoms with Gasteiger partial charge in [0.05, 0.1) is 11.4 Å². The van der Waals surface area contributed by atoms with Crippen molar-refractivity contribution in [2.45, 2.75) is 83.1 Å². The number of carbonyl (C=O) groups is 2. The Morgan fingerprint density at radius 3 is 1.03 bits per heavy atom. The molecule has 63 heavy (non-hydrogen) atoms. The Kier molecular flexibility index (Phi) is 10.9. The van der Waals surface area contributed by atoms with Gasteiger partial charge in [-0.25, -0.2) is 0 Å². The first-order valence-corrected chi connectivity index (χ1v) is 22.4.